The van der Waals surface area contributed by atoms with E-state index in [0.29, 0.717) is 29.5 Å². The minimum atomic E-state index is -0.165. The number of halogens is 1. The van der Waals surface area contributed by atoms with Crippen molar-refractivity contribution in [3.05, 3.63) is 29.3 Å². The lowest BCUT2D eigenvalue weighted by Gasteiger charge is -2.37. The molecule has 0 unspecified atom stereocenters. The second-order valence-electron chi connectivity index (χ2n) is 8.28. The molecule has 0 aliphatic carbocycles. The van der Waals surface area contributed by atoms with Crippen LogP contribution in [-0.4, -0.2) is 71.0 Å². The van der Waals surface area contributed by atoms with Gasteiger partial charge in [0.25, 0.3) is 0 Å². The zero-order valence-electron chi connectivity index (χ0n) is 16.9. The molecule has 3 atom stereocenters. The molecule has 1 aromatic carbocycles. The molecule has 3 aliphatic heterocycles. The lowest BCUT2D eigenvalue weighted by atomic mass is 10.0. The third kappa shape index (κ3) is 5.04. The Hall–Kier alpha value is -1.90. The number of piperazine rings is 1. The number of nitrogens with zero attached hydrogens (tertiary/aromatic N) is 2. The van der Waals surface area contributed by atoms with Crippen molar-refractivity contribution in [2.24, 2.45) is 0 Å². The normalized spacial score (nSPS) is 26.2. The SMILES string of the molecule is O=C1NC[C@@H](CCC(=O)N2CCCC2)N2C[C@H](NC(=S)Nc3ccc(Cl)cc3)C[C@@H]12. The Bertz CT molecular complexity index is 799. The number of fused-ring (bicyclic) bond motifs is 1. The topological polar surface area (TPSA) is 76.7 Å². The molecular formula is C21H28ClN5O2S. The first-order valence-electron chi connectivity index (χ1n) is 10.6. The van der Waals surface area contributed by atoms with Gasteiger partial charge in [-0.15, -0.1) is 0 Å². The van der Waals surface area contributed by atoms with Gasteiger partial charge in [-0.25, -0.2) is 0 Å². The third-order valence-corrected chi connectivity index (χ3v) is 6.68. The van der Waals surface area contributed by atoms with Crippen LogP contribution >= 0.6 is 23.8 Å². The van der Waals surface area contributed by atoms with Crippen LogP contribution < -0.4 is 16.0 Å². The predicted octanol–water partition coefficient (Wildman–Crippen LogP) is 1.97. The second kappa shape index (κ2) is 9.49. The highest BCUT2D eigenvalue weighted by Gasteiger charge is 2.43. The number of carbonyl (C=O) groups excluding carboxylic acids is 2. The van der Waals surface area contributed by atoms with Crippen LogP contribution in [0.4, 0.5) is 5.69 Å². The molecule has 9 heteroatoms. The van der Waals surface area contributed by atoms with Crippen molar-refractivity contribution >= 4 is 46.4 Å². The van der Waals surface area contributed by atoms with E-state index in [1.54, 1.807) is 12.1 Å². The van der Waals surface area contributed by atoms with Gasteiger partial charge in [-0.05, 0) is 62.2 Å². The maximum absolute atomic E-state index is 12.4. The number of hydrogen-bond acceptors (Lipinski definition) is 4. The van der Waals surface area contributed by atoms with E-state index in [-0.39, 0.29) is 29.9 Å². The number of hydrogen-bond donors (Lipinski definition) is 3. The van der Waals surface area contributed by atoms with E-state index in [1.165, 1.54) is 0 Å². The lowest BCUT2D eigenvalue weighted by molar-refractivity contribution is -0.131. The first-order chi connectivity index (χ1) is 14.5. The standard InChI is InChI=1S/C21H28ClN5O2S/c22-14-3-5-15(6-4-14)24-21(30)25-16-11-18-20(29)23-12-17(27(18)13-16)7-8-19(28)26-9-1-2-10-26/h3-6,16-18H,1-2,7-13H2,(H,23,29)(H2,24,25,30)/t16-,17-,18+/m1/s1. The predicted molar refractivity (Wildman–Crippen MR) is 122 cm³/mol. The average molecular weight is 450 g/mol. The summed E-state index contributed by atoms with van der Waals surface area (Å²) in [5, 5.41) is 10.7. The average Bonchev–Trinajstić information content (AvgIpc) is 3.39. The summed E-state index contributed by atoms with van der Waals surface area (Å²) in [6, 6.07) is 7.46. The van der Waals surface area contributed by atoms with Crippen LogP contribution in [0.3, 0.4) is 0 Å². The molecule has 3 heterocycles. The van der Waals surface area contributed by atoms with Crippen molar-refractivity contribution in [2.75, 3.05) is 31.5 Å². The monoisotopic (exact) mass is 449 g/mol. The van der Waals surface area contributed by atoms with Gasteiger partial charge in [-0.1, -0.05) is 11.6 Å². The number of anilines is 1. The number of likely N-dealkylation sites (tertiary alicyclic amines) is 1. The molecule has 3 aliphatic rings. The Balaban J connectivity index is 1.30. The minimum absolute atomic E-state index is 0.0676. The lowest BCUT2D eigenvalue weighted by Crippen LogP contribution is -2.58. The fourth-order valence-corrected chi connectivity index (χ4v) is 5.06. The molecule has 3 fully saturated rings. The van der Waals surface area contributed by atoms with E-state index in [0.717, 1.165) is 44.6 Å². The summed E-state index contributed by atoms with van der Waals surface area (Å²) in [6.07, 6.45) is 4.23. The highest BCUT2D eigenvalue weighted by atomic mass is 35.5. The zero-order chi connectivity index (χ0) is 21.1. The summed E-state index contributed by atoms with van der Waals surface area (Å²) in [5.74, 6) is 0.307. The molecule has 162 valence electrons. The summed E-state index contributed by atoms with van der Waals surface area (Å²) in [5.41, 5.74) is 0.865. The molecule has 3 N–H and O–H groups in total. The summed E-state index contributed by atoms with van der Waals surface area (Å²) in [4.78, 5) is 29.0. The van der Waals surface area contributed by atoms with Gasteiger partial charge in [0.2, 0.25) is 11.8 Å². The number of benzene rings is 1. The molecule has 0 radical (unpaired) electrons. The number of nitrogens with one attached hydrogen (secondary N) is 3. The molecule has 4 rings (SSSR count). The van der Waals surface area contributed by atoms with Crippen LogP contribution in [0.15, 0.2) is 24.3 Å². The summed E-state index contributed by atoms with van der Waals surface area (Å²) < 4.78 is 0. The Morgan fingerprint density at radius 1 is 1.23 bits per heavy atom. The Kier molecular flexibility index (Phi) is 6.75. The highest BCUT2D eigenvalue weighted by Crippen LogP contribution is 2.26. The van der Waals surface area contributed by atoms with Crippen molar-refractivity contribution in [3.8, 4) is 0 Å². The van der Waals surface area contributed by atoms with E-state index in [2.05, 4.69) is 20.9 Å². The van der Waals surface area contributed by atoms with Crippen LogP contribution in [0.2, 0.25) is 5.02 Å². The molecule has 2 amide bonds. The van der Waals surface area contributed by atoms with Crippen LogP contribution in [0.5, 0.6) is 0 Å². The summed E-state index contributed by atoms with van der Waals surface area (Å²) >= 11 is 11.4. The molecule has 7 nitrogen and oxygen atoms in total. The molecule has 0 bridgehead atoms. The molecule has 1 aromatic rings. The van der Waals surface area contributed by atoms with E-state index >= 15 is 0 Å². The smallest absolute Gasteiger partial charge is 0.237 e. The molecule has 0 saturated carbocycles. The number of amides is 2. The van der Waals surface area contributed by atoms with Gasteiger partial charge in [0, 0.05) is 55.4 Å². The Morgan fingerprint density at radius 3 is 2.70 bits per heavy atom. The van der Waals surface area contributed by atoms with Gasteiger partial charge >= 0.3 is 0 Å². The number of thiocarbonyl (C=S) groups is 1. The zero-order valence-corrected chi connectivity index (χ0v) is 18.5. The van der Waals surface area contributed by atoms with Crippen LogP contribution in [-0.2, 0) is 9.59 Å². The maximum Gasteiger partial charge on any atom is 0.237 e. The highest BCUT2D eigenvalue weighted by molar-refractivity contribution is 7.80. The van der Waals surface area contributed by atoms with Gasteiger partial charge in [0.15, 0.2) is 5.11 Å². The third-order valence-electron chi connectivity index (χ3n) is 6.21. The molecular weight excluding hydrogens is 422 g/mol. The molecule has 0 spiro atoms. The van der Waals surface area contributed by atoms with Crippen molar-refractivity contribution in [2.45, 2.75) is 50.2 Å². The van der Waals surface area contributed by atoms with Crippen molar-refractivity contribution in [3.63, 3.8) is 0 Å². The van der Waals surface area contributed by atoms with E-state index in [9.17, 15) is 9.59 Å². The van der Waals surface area contributed by atoms with Gasteiger partial charge < -0.3 is 20.9 Å². The first-order valence-corrected chi connectivity index (χ1v) is 11.4. The maximum atomic E-state index is 12.4. The number of carbonyl (C=O) groups is 2. The van der Waals surface area contributed by atoms with E-state index in [4.69, 9.17) is 23.8 Å². The molecule has 0 aromatic heterocycles. The fourth-order valence-electron chi connectivity index (χ4n) is 4.65. The number of rotatable bonds is 5. The summed E-state index contributed by atoms with van der Waals surface area (Å²) in [6.45, 7) is 3.11. The largest absolute Gasteiger partial charge is 0.358 e. The van der Waals surface area contributed by atoms with Crippen LogP contribution in [0.25, 0.3) is 0 Å². The van der Waals surface area contributed by atoms with Gasteiger partial charge in [-0.3, -0.25) is 14.5 Å². The summed E-state index contributed by atoms with van der Waals surface area (Å²) in [7, 11) is 0. The first kappa shape index (κ1) is 21.3. The van der Waals surface area contributed by atoms with E-state index in [1.807, 2.05) is 17.0 Å². The van der Waals surface area contributed by atoms with Crippen molar-refractivity contribution in [1.82, 2.24) is 20.4 Å². The Labute approximate surface area is 187 Å². The van der Waals surface area contributed by atoms with Crippen LogP contribution in [0, 0.1) is 0 Å². The van der Waals surface area contributed by atoms with Crippen molar-refractivity contribution in [1.29, 1.82) is 0 Å². The van der Waals surface area contributed by atoms with Gasteiger partial charge in [0.05, 0.1) is 6.04 Å². The quantitative estimate of drug-likeness (QED) is 0.597. The van der Waals surface area contributed by atoms with Crippen LogP contribution in [0.1, 0.15) is 32.1 Å². The van der Waals surface area contributed by atoms with Gasteiger partial charge in [0.1, 0.15) is 0 Å². The minimum Gasteiger partial charge on any atom is -0.358 e. The second-order valence-corrected chi connectivity index (χ2v) is 9.12. The van der Waals surface area contributed by atoms with Crippen molar-refractivity contribution < 1.29 is 9.59 Å². The molecule has 3 saturated heterocycles. The Morgan fingerprint density at radius 2 is 1.97 bits per heavy atom. The molecule has 30 heavy (non-hydrogen) atoms. The fraction of sp³-hybridized carbons (Fsp3) is 0.571. The van der Waals surface area contributed by atoms with E-state index < -0.39 is 0 Å². The van der Waals surface area contributed by atoms with Gasteiger partial charge in [-0.2, -0.15) is 0 Å².